The lowest BCUT2D eigenvalue weighted by molar-refractivity contribution is 0.438. The van der Waals surface area contributed by atoms with Crippen molar-refractivity contribution in [2.45, 2.75) is 47.1 Å². The third-order valence-electron chi connectivity index (χ3n) is 3.75. The van der Waals surface area contributed by atoms with E-state index in [1.165, 1.54) is 0 Å². The number of nitrogens with zero attached hydrogens (tertiary/aromatic N) is 2. The van der Waals surface area contributed by atoms with Crippen LogP contribution in [0.15, 0.2) is 18.2 Å². The summed E-state index contributed by atoms with van der Waals surface area (Å²) in [7, 11) is 0. The van der Waals surface area contributed by atoms with E-state index in [-0.39, 0.29) is 0 Å². The van der Waals surface area contributed by atoms with Crippen molar-refractivity contribution in [3.8, 4) is 11.6 Å². The van der Waals surface area contributed by atoms with Crippen LogP contribution in [0.25, 0.3) is 0 Å². The second-order valence-corrected chi connectivity index (χ2v) is 5.70. The van der Waals surface area contributed by atoms with Gasteiger partial charge in [0.2, 0.25) is 5.88 Å². The normalized spacial score (nSPS) is 11.0. The van der Waals surface area contributed by atoms with Crippen molar-refractivity contribution >= 4 is 0 Å². The van der Waals surface area contributed by atoms with Crippen LogP contribution in [-0.4, -0.2) is 10.2 Å². The average Bonchev–Trinajstić information content (AvgIpc) is 2.43. The zero-order valence-electron chi connectivity index (χ0n) is 13.4. The lowest BCUT2D eigenvalue weighted by atomic mass is 10.0. The van der Waals surface area contributed by atoms with Crippen LogP contribution in [0.5, 0.6) is 11.6 Å². The third-order valence-corrected chi connectivity index (χ3v) is 3.75. The van der Waals surface area contributed by atoms with Crippen LogP contribution in [0.4, 0.5) is 0 Å². The first-order chi connectivity index (χ1) is 9.93. The maximum absolute atomic E-state index is 6.06. The smallest absolute Gasteiger partial charge is 0.243 e. The molecule has 4 nitrogen and oxygen atoms in total. The molecule has 112 valence electrons. The molecule has 2 rings (SSSR count). The molecule has 4 heteroatoms. The highest BCUT2D eigenvalue weighted by atomic mass is 16.5. The van der Waals surface area contributed by atoms with Crippen molar-refractivity contribution in [3.05, 3.63) is 46.1 Å². The molecule has 0 fully saturated rings. The van der Waals surface area contributed by atoms with Gasteiger partial charge in [0.25, 0.3) is 0 Å². The SMILES string of the molecule is Cc1ccc(C(C)C)c(Oc2nnc(C)c(C)c2CN)c1. The zero-order chi connectivity index (χ0) is 15.6. The molecule has 1 heterocycles. The highest BCUT2D eigenvalue weighted by Crippen LogP contribution is 2.32. The predicted octanol–water partition coefficient (Wildman–Crippen LogP) is 3.78. The minimum absolute atomic E-state index is 0.376. The zero-order valence-corrected chi connectivity index (χ0v) is 13.4. The summed E-state index contributed by atoms with van der Waals surface area (Å²) >= 11 is 0. The minimum atomic E-state index is 0.376. The van der Waals surface area contributed by atoms with Gasteiger partial charge in [-0.3, -0.25) is 0 Å². The van der Waals surface area contributed by atoms with Crippen LogP contribution in [0, 0.1) is 20.8 Å². The molecule has 0 amide bonds. The lowest BCUT2D eigenvalue weighted by Gasteiger charge is -2.16. The van der Waals surface area contributed by atoms with Crippen molar-refractivity contribution in [1.82, 2.24) is 10.2 Å². The number of aromatic nitrogens is 2. The number of benzene rings is 1. The first kappa shape index (κ1) is 15.4. The van der Waals surface area contributed by atoms with Crippen LogP contribution in [0.1, 0.15) is 47.7 Å². The summed E-state index contributed by atoms with van der Waals surface area (Å²) in [5.74, 6) is 1.71. The topological polar surface area (TPSA) is 61.0 Å². The van der Waals surface area contributed by atoms with Gasteiger partial charge in [-0.1, -0.05) is 26.0 Å². The Morgan fingerprint density at radius 2 is 1.86 bits per heavy atom. The van der Waals surface area contributed by atoms with Crippen molar-refractivity contribution < 1.29 is 4.74 Å². The molecule has 2 N–H and O–H groups in total. The molecule has 1 aromatic carbocycles. The molecule has 0 saturated carbocycles. The predicted molar refractivity (Wildman–Crippen MR) is 84.7 cm³/mol. The molecule has 0 radical (unpaired) electrons. The van der Waals surface area contributed by atoms with Gasteiger partial charge in [-0.25, -0.2) is 0 Å². The average molecular weight is 285 g/mol. The van der Waals surface area contributed by atoms with Crippen molar-refractivity contribution in [2.24, 2.45) is 5.73 Å². The maximum atomic E-state index is 6.06. The molecular weight excluding hydrogens is 262 g/mol. The summed E-state index contributed by atoms with van der Waals surface area (Å²) in [4.78, 5) is 0. The summed E-state index contributed by atoms with van der Waals surface area (Å²) in [5.41, 5.74) is 11.0. The van der Waals surface area contributed by atoms with Gasteiger partial charge in [-0.2, -0.15) is 5.10 Å². The molecule has 2 aromatic rings. The molecule has 0 aliphatic carbocycles. The Hall–Kier alpha value is -1.94. The number of ether oxygens (including phenoxy) is 1. The van der Waals surface area contributed by atoms with E-state index < -0.39 is 0 Å². The number of hydrogen-bond acceptors (Lipinski definition) is 4. The van der Waals surface area contributed by atoms with Crippen LogP contribution in [-0.2, 0) is 6.54 Å². The summed E-state index contributed by atoms with van der Waals surface area (Å²) in [6, 6.07) is 6.23. The van der Waals surface area contributed by atoms with E-state index in [9.17, 15) is 0 Å². The fourth-order valence-electron chi connectivity index (χ4n) is 2.27. The molecule has 0 spiro atoms. The van der Waals surface area contributed by atoms with Gasteiger partial charge in [-0.15, -0.1) is 5.10 Å². The van der Waals surface area contributed by atoms with Gasteiger partial charge in [0.1, 0.15) is 5.75 Å². The van der Waals surface area contributed by atoms with E-state index in [0.29, 0.717) is 18.3 Å². The Labute approximate surface area is 126 Å². The van der Waals surface area contributed by atoms with E-state index in [2.05, 4.69) is 36.2 Å². The van der Waals surface area contributed by atoms with Gasteiger partial charge in [-0.05, 0) is 49.4 Å². The fraction of sp³-hybridized carbons (Fsp3) is 0.412. The van der Waals surface area contributed by atoms with E-state index in [4.69, 9.17) is 10.5 Å². The highest BCUT2D eigenvalue weighted by Gasteiger charge is 2.15. The molecular formula is C17H23N3O. The molecule has 0 atom stereocenters. The van der Waals surface area contributed by atoms with Crippen molar-refractivity contribution in [1.29, 1.82) is 0 Å². The summed E-state index contributed by atoms with van der Waals surface area (Å²) in [6.07, 6.45) is 0. The molecule has 0 bridgehead atoms. The van der Waals surface area contributed by atoms with Gasteiger partial charge < -0.3 is 10.5 Å². The van der Waals surface area contributed by atoms with Crippen LogP contribution in [0.3, 0.4) is 0 Å². The number of rotatable bonds is 4. The van der Waals surface area contributed by atoms with Crippen LogP contribution >= 0.6 is 0 Å². The first-order valence-electron chi connectivity index (χ1n) is 7.25. The Morgan fingerprint density at radius 1 is 1.14 bits per heavy atom. The second-order valence-electron chi connectivity index (χ2n) is 5.70. The number of hydrogen-bond donors (Lipinski definition) is 1. The Kier molecular flexibility index (Phi) is 4.58. The maximum Gasteiger partial charge on any atom is 0.243 e. The summed E-state index contributed by atoms with van der Waals surface area (Å²) < 4.78 is 6.06. The minimum Gasteiger partial charge on any atom is -0.437 e. The molecule has 0 aliphatic heterocycles. The van der Waals surface area contributed by atoms with Crippen LogP contribution in [0.2, 0.25) is 0 Å². The van der Waals surface area contributed by atoms with E-state index in [1.54, 1.807) is 0 Å². The largest absolute Gasteiger partial charge is 0.437 e. The second kappa shape index (κ2) is 6.22. The fourth-order valence-corrected chi connectivity index (χ4v) is 2.27. The highest BCUT2D eigenvalue weighted by molar-refractivity contribution is 5.43. The van der Waals surface area contributed by atoms with E-state index in [0.717, 1.165) is 33.7 Å². The Bertz CT molecular complexity index is 651. The molecule has 0 saturated heterocycles. The number of nitrogens with two attached hydrogens (primary N) is 1. The summed E-state index contributed by atoms with van der Waals surface area (Å²) in [6.45, 7) is 10.7. The standard InChI is InChI=1S/C17H23N3O/c1-10(2)14-7-6-11(3)8-16(14)21-17-15(9-18)12(4)13(5)19-20-17/h6-8,10H,9,18H2,1-5H3. The van der Waals surface area contributed by atoms with E-state index >= 15 is 0 Å². The van der Waals surface area contributed by atoms with Crippen molar-refractivity contribution in [3.63, 3.8) is 0 Å². The molecule has 0 unspecified atom stereocenters. The summed E-state index contributed by atoms with van der Waals surface area (Å²) in [5, 5.41) is 8.33. The number of aryl methyl sites for hydroxylation is 2. The van der Waals surface area contributed by atoms with Gasteiger partial charge in [0.05, 0.1) is 5.69 Å². The Morgan fingerprint density at radius 3 is 2.48 bits per heavy atom. The van der Waals surface area contributed by atoms with E-state index in [1.807, 2.05) is 26.8 Å². The first-order valence-corrected chi connectivity index (χ1v) is 7.25. The quantitative estimate of drug-likeness (QED) is 0.928. The Balaban J connectivity index is 2.48. The van der Waals surface area contributed by atoms with Crippen molar-refractivity contribution in [2.75, 3.05) is 0 Å². The lowest BCUT2D eigenvalue weighted by Crippen LogP contribution is -2.08. The van der Waals surface area contributed by atoms with Gasteiger partial charge >= 0.3 is 0 Å². The molecule has 1 aromatic heterocycles. The van der Waals surface area contributed by atoms with Crippen LogP contribution < -0.4 is 10.5 Å². The van der Waals surface area contributed by atoms with Gasteiger partial charge in [0.15, 0.2) is 0 Å². The third kappa shape index (κ3) is 3.22. The molecule has 0 aliphatic rings. The monoisotopic (exact) mass is 285 g/mol. The van der Waals surface area contributed by atoms with Gasteiger partial charge in [0, 0.05) is 12.1 Å². The molecule has 21 heavy (non-hydrogen) atoms.